The van der Waals surface area contributed by atoms with Gasteiger partial charge in [-0.15, -0.1) is 0 Å². The largest absolute Gasteiger partial charge is 0.478 e. The number of benzene rings is 2. The van der Waals surface area contributed by atoms with Gasteiger partial charge in [-0.2, -0.15) is 0 Å². The number of fused-ring (bicyclic) bond motifs is 1. The molecule has 5 heteroatoms. The maximum Gasteiger partial charge on any atom is 0.335 e. The monoisotopic (exact) mass is 309 g/mol. The van der Waals surface area contributed by atoms with Gasteiger partial charge < -0.3 is 14.8 Å². The van der Waals surface area contributed by atoms with E-state index >= 15 is 0 Å². The zero-order chi connectivity index (χ0) is 16.2. The highest BCUT2D eigenvalue weighted by Gasteiger charge is 2.10. The number of hydrogen-bond acceptors (Lipinski definition) is 3. The van der Waals surface area contributed by atoms with Crippen LogP contribution >= 0.6 is 0 Å². The van der Waals surface area contributed by atoms with Crippen LogP contribution in [-0.2, 0) is 6.42 Å². The molecule has 0 aliphatic heterocycles. The Labute approximate surface area is 132 Å². The molecule has 116 valence electrons. The summed E-state index contributed by atoms with van der Waals surface area (Å²) in [6.07, 6.45) is 2.17. The van der Waals surface area contributed by atoms with E-state index in [1.807, 2.05) is 18.2 Å². The SMILES string of the molecule is O=C(O)c1ccc2occ(CCNC(=O)c3ccccc3)c2c1. The second-order valence-electron chi connectivity index (χ2n) is 5.15. The third-order valence-electron chi connectivity index (χ3n) is 3.62. The Morgan fingerprint density at radius 1 is 1.04 bits per heavy atom. The average molecular weight is 309 g/mol. The lowest BCUT2D eigenvalue weighted by molar-refractivity contribution is 0.0696. The number of furan rings is 1. The number of hydrogen-bond donors (Lipinski definition) is 2. The summed E-state index contributed by atoms with van der Waals surface area (Å²) in [7, 11) is 0. The van der Waals surface area contributed by atoms with Crippen LogP contribution in [0.15, 0.2) is 59.2 Å². The highest BCUT2D eigenvalue weighted by atomic mass is 16.4. The van der Waals surface area contributed by atoms with Crippen LogP contribution in [0.2, 0.25) is 0 Å². The number of carboxylic acids is 1. The van der Waals surface area contributed by atoms with E-state index in [4.69, 9.17) is 9.52 Å². The molecule has 0 saturated carbocycles. The van der Waals surface area contributed by atoms with Gasteiger partial charge in [0, 0.05) is 17.5 Å². The minimum atomic E-state index is -0.976. The Morgan fingerprint density at radius 2 is 1.83 bits per heavy atom. The minimum Gasteiger partial charge on any atom is -0.478 e. The van der Waals surface area contributed by atoms with Crippen molar-refractivity contribution in [1.82, 2.24) is 5.32 Å². The minimum absolute atomic E-state index is 0.135. The van der Waals surface area contributed by atoms with Gasteiger partial charge in [-0.05, 0) is 42.3 Å². The van der Waals surface area contributed by atoms with Gasteiger partial charge in [-0.25, -0.2) is 4.79 Å². The van der Waals surface area contributed by atoms with E-state index in [0.717, 1.165) is 10.9 Å². The molecule has 5 nitrogen and oxygen atoms in total. The second-order valence-corrected chi connectivity index (χ2v) is 5.15. The maximum atomic E-state index is 12.0. The molecule has 2 N–H and O–H groups in total. The molecule has 0 fully saturated rings. The fraction of sp³-hybridized carbons (Fsp3) is 0.111. The van der Waals surface area contributed by atoms with E-state index in [0.29, 0.717) is 24.1 Å². The predicted octanol–water partition coefficient (Wildman–Crippen LogP) is 3.10. The lowest BCUT2D eigenvalue weighted by Gasteiger charge is -2.04. The fourth-order valence-corrected chi connectivity index (χ4v) is 2.41. The number of nitrogens with one attached hydrogen (secondary N) is 1. The number of amides is 1. The summed E-state index contributed by atoms with van der Waals surface area (Å²) in [5, 5.41) is 12.7. The van der Waals surface area contributed by atoms with Gasteiger partial charge in [0.1, 0.15) is 5.58 Å². The predicted molar refractivity (Wildman–Crippen MR) is 85.7 cm³/mol. The van der Waals surface area contributed by atoms with E-state index in [9.17, 15) is 9.59 Å². The summed E-state index contributed by atoms with van der Waals surface area (Å²) in [6.45, 7) is 0.444. The lowest BCUT2D eigenvalue weighted by atomic mass is 10.1. The molecule has 3 aromatic rings. The zero-order valence-corrected chi connectivity index (χ0v) is 12.3. The Kier molecular flexibility index (Phi) is 4.10. The maximum absolute atomic E-state index is 12.0. The summed E-state index contributed by atoms with van der Waals surface area (Å²) in [5.74, 6) is -1.11. The van der Waals surface area contributed by atoms with Crippen LogP contribution in [0.4, 0.5) is 0 Å². The Bertz CT molecular complexity index is 852. The zero-order valence-electron chi connectivity index (χ0n) is 12.3. The lowest BCUT2D eigenvalue weighted by Crippen LogP contribution is -2.25. The van der Waals surface area contributed by atoms with Crippen molar-refractivity contribution in [2.24, 2.45) is 0 Å². The molecule has 1 heterocycles. The standard InChI is InChI=1S/C18H15NO4/c20-17(12-4-2-1-3-5-12)19-9-8-14-11-23-16-7-6-13(18(21)22)10-15(14)16/h1-7,10-11H,8-9H2,(H,19,20)(H,21,22). The molecule has 1 aromatic heterocycles. The first kappa shape index (κ1) is 14.8. The first-order valence-electron chi connectivity index (χ1n) is 7.22. The van der Waals surface area contributed by atoms with Crippen LogP contribution in [0.5, 0.6) is 0 Å². The van der Waals surface area contributed by atoms with Crippen molar-refractivity contribution in [3.63, 3.8) is 0 Å². The second kappa shape index (κ2) is 6.36. The number of aromatic carboxylic acids is 1. The molecule has 0 saturated heterocycles. The van der Waals surface area contributed by atoms with E-state index in [-0.39, 0.29) is 11.5 Å². The summed E-state index contributed by atoms with van der Waals surface area (Å²) < 4.78 is 5.42. The Morgan fingerprint density at radius 3 is 2.57 bits per heavy atom. The Balaban J connectivity index is 1.69. The Hall–Kier alpha value is -3.08. The van der Waals surface area contributed by atoms with Gasteiger partial charge >= 0.3 is 5.97 Å². The average Bonchev–Trinajstić information content (AvgIpc) is 2.98. The van der Waals surface area contributed by atoms with E-state index < -0.39 is 5.97 Å². The fourth-order valence-electron chi connectivity index (χ4n) is 2.41. The van der Waals surface area contributed by atoms with Crippen molar-refractivity contribution in [3.8, 4) is 0 Å². The normalized spacial score (nSPS) is 10.6. The van der Waals surface area contributed by atoms with Crippen molar-refractivity contribution in [3.05, 3.63) is 71.5 Å². The van der Waals surface area contributed by atoms with Crippen LogP contribution in [0.1, 0.15) is 26.3 Å². The molecule has 0 unspecified atom stereocenters. The van der Waals surface area contributed by atoms with Crippen LogP contribution in [0, 0.1) is 0 Å². The summed E-state index contributed by atoms with van der Waals surface area (Å²) >= 11 is 0. The summed E-state index contributed by atoms with van der Waals surface area (Å²) in [5.41, 5.74) is 2.34. The van der Waals surface area contributed by atoms with Crippen molar-refractivity contribution in [1.29, 1.82) is 0 Å². The van der Waals surface area contributed by atoms with E-state index in [2.05, 4.69) is 5.32 Å². The molecule has 0 spiro atoms. The molecule has 3 rings (SSSR count). The third kappa shape index (κ3) is 3.23. The van der Waals surface area contributed by atoms with Crippen LogP contribution in [-0.4, -0.2) is 23.5 Å². The van der Waals surface area contributed by atoms with Gasteiger partial charge in [0.15, 0.2) is 0 Å². The summed E-state index contributed by atoms with van der Waals surface area (Å²) in [4.78, 5) is 23.0. The molecular formula is C18H15NO4. The van der Waals surface area contributed by atoms with Gasteiger partial charge in [0.05, 0.1) is 11.8 Å². The van der Waals surface area contributed by atoms with Crippen molar-refractivity contribution < 1.29 is 19.1 Å². The molecule has 2 aromatic carbocycles. The van der Waals surface area contributed by atoms with Crippen LogP contribution < -0.4 is 5.32 Å². The molecule has 23 heavy (non-hydrogen) atoms. The van der Waals surface area contributed by atoms with E-state index in [1.54, 1.807) is 30.5 Å². The smallest absolute Gasteiger partial charge is 0.335 e. The highest BCUT2D eigenvalue weighted by molar-refractivity contribution is 5.95. The van der Waals surface area contributed by atoms with E-state index in [1.165, 1.54) is 6.07 Å². The summed E-state index contributed by atoms with van der Waals surface area (Å²) in [6, 6.07) is 13.7. The first-order chi connectivity index (χ1) is 11.1. The molecule has 0 bridgehead atoms. The number of carbonyl (C=O) groups is 2. The molecular weight excluding hydrogens is 294 g/mol. The first-order valence-corrected chi connectivity index (χ1v) is 7.22. The van der Waals surface area contributed by atoms with Gasteiger partial charge in [0.2, 0.25) is 0 Å². The number of rotatable bonds is 5. The van der Waals surface area contributed by atoms with Gasteiger partial charge in [-0.3, -0.25) is 4.79 Å². The third-order valence-corrected chi connectivity index (χ3v) is 3.62. The number of carboxylic acid groups (broad SMARTS) is 1. The van der Waals surface area contributed by atoms with Crippen molar-refractivity contribution in [2.75, 3.05) is 6.54 Å². The topological polar surface area (TPSA) is 79.5 Å². The highest BCUT2D eigenvalue weighted by Crippen LogP contribution is 2.23. The number of carbonyl (C=O) groups excluding carboxylic acids is 1. The molecule has 0 radical (unpaired) electrons. The quantitative estimate of drug-likeness (QED) is 0.759. The molecule has 0 aliphatic carbocycles. The van der Waals surface area contributed by atoms with Gasteiger partial charge in [0.25, 0.3) is 5.91 Å². The van der Waals surface area contributed by atoms with Crippen LogP contribution in [0.25, 0.3) is 11.0 Å². The van der Waals surface area contributed by atoms with Crippen molar-refractivity contribution in [2.45, 2.75) is 6.42 Å². The van der Waals surface area contributed by atoms with Crippen molar-refractivity contribution >= 4 is 22.8 Å². The molecule has 0 aliphatic rings. The molecule has 1 amide bonds. The molecule has 0 atom stereocenters. The van der Waals surface area contributed by atoms with Gasteiger partial charge in [-0.1, -0.05) is 18.2 Å². The van der Waals surface area contributed by atoms with Crippen LogP contribution in [0.3, 0.4) is 0 Å².